The van der Waals surface area contributed by atoms with Gasteiger partial charge in [0, 0.05) is 5.69 Å². The Morgan fingerprint density at radius 1 is 1.07 bits per heavy atom. The predicted molar refractivity (Wildman–Crippen MR) is 111 cm³/mol. The van der Waals surface area contributed by atoms with Crippen LogP contribution in [0.1, 0.15) is 16.7 Å². The van der Waals surface area contributed by atoms with Crippen LogP contribution in [0.4, 0.5) is 10.5 Å². The maximum Gasteiger partial charge on any atom is 0.328 e. The lowest BCUT2D eigenvalue weighted by atomic mass is 10.1. The van der Waals surface area contributed by atoms with Gasteiger partial charge in [0.15, 0.2) is 6.61 Å². The van der Waals surface area contributed by atoms with Gasteiger partial charge in [0.2, 0.25) is 0 Å². The van der Waals surface area contributed by atoms with Crippen molar-refractivity contribution in [1.29, 1.82) is 0 Å². The predicted octanol–water partition coefficient (Wildman–Crippen LogP) is 2.72. The second-order valence-electron chi connectivity index (χ2n) is 6.64. The molecule has 154 valence electrons. The Balaban J connectivity index is 1.65. The van der Waals surface area contributed by atoms with Crippen LogP contribution >= 0.6 is 11.6 Å². The molecule has 1 saturated heterocycles. The molecule has 1 fully saturated rings. The van der Waals surface area contributed by atoms with Crippen LogP contribution in [-0.4, -0.2) is 30.4 Å². The van der Waals surface area contributed by atoms with Crippen molar-refractivity contribution < 1.29 is 23.9 Å². The first-order valence-electron chi connectivity index (χ1n) is 8.91. The standard InChI is InChI=1S/C21H18ClN3O5/c1-11-3-5-16(12(2)7-11)23-18(26)10-30-17-6-4-13(9-15(17)22)8-14-19(27)24-21(29)25-20(14)28/h3-9H,10H2,1-2H3,(H,23,26)(H2,24,25,27,28,29). The summed E-state index contributed by atoms with van der Waals surface area (Å²) in [7, 11) is 0. The van der Waals surface area contributed by atoms with E-state index in [4.69, 9.17) is 16.3 Å². The van der Waals surface area contributed by atoms with Crippen molar-refractivity contribution >= 4 is 47.1 Å². The number of urea groups is 1. The maximum atomic E-state index is 12.2. The Kier molecular flexibility index (Phi) is 6.17. The highest BCUT2D eigenvalue weighted by Crippen LogP contribution is 2.27. The molecule has 0 spiro atoms. The summed E-state index contributed by atoms with van der Waals surface area (Å²) < 4.78 is 5.47. The van der Waals surface area contributed by atoms with E-state index in [0.717, 1.165) is 11.1 Å². The third-order valence-electron chi connectivity index (χ3n) is 4.23. The fourth-order valence-corrected chi connectivity index (χ4v) is 3.02. The average Bonchev–Trinajstić information content (AvgIpc) is 2.66. The largest absolute Gasteiger partial charge is 0.482 e. The van der Waals surface area contributed by atoms with Crippen LogP contribution in [-0.2, 0) is 14.4 Å². The zero-order valence-electron chi connectivity index (χ0n) is 16.2. The first kappa shape index (κ1) is 21.1. The molecule has 5 amide bonds. The maximum absolute atomic E-state index is 12.2. The molecule has 3 rings (SSSR count). The highest BCUT2D eigenvalue weighted by Gasteiger charge is 2.27. The third kappa shape index (κ3) is 5.03. The Morgan fingerprint density at radius 3 is 2.40 bits per heavy atom. The van der Waals surface area contributed by atoms with E-state index in [0.29, 0.717) is 11.3 Å². The quantitative estimate of drug-likeness (QED) is 0.501. The molecular weight excluding hydrogens is 410 g/mol. The molecule has 0 aliphatic carbocycles. The van der Waals surface area contributed by atoms with E-state index in [1.165, 1.54) is 18.2 Å². The molecule has 30 heavy (non-hydrogen) atoms. The fraction of sp³-hybridized carbons (Fsp3) is 0.143. The molecule has 0 radical (unpaired) electrons. The van der Waals surface area contributed by atoms with E-state index < -0.39 is 17.8 Å². The van der Waals surface area contributed by atoms with Crippen LogP contribution < -0.4 is 20.7 Å². The van der Waals surface area contributed by atoms with Crippen molar-refractivity contribution in [1.82, 2.24) is 10.6 Å². The van der Waals surface area contributed by atoms with Crippen LogP contribution in [0.15, 0.2) is 42.0 Å². The van der Waals surface area contributed by atoms with Crippen molar-refractivity contribution in [3.63, 3.8) is 0 Å². The summed E-state index contributed by atoms with van der Waals surface area (Å²) in [4.78, 5) is 46.8. The Morgan fingerprint density at radius 2 is 1.77 bits per heavy atom. The van der Waals surface area contributed by atoms with Crippen molar-refractivity contribution in [3.8, 4) is 5.75 Å². The van der Waals surface area contributed by atoms with Gasteiger partial charge in [0.05, 0.1) is 5.02 Å². The highest BCUT2D eigenvalue weighted by atomic mass is 35.5. The molecule has 0 bridgehead atoms. The summed E-state index contributed by atoms with van der Waals surface area (Å²) in [5.74, 6) is -1.68. The number of carbonyl (C=O) groups is 4. The Labute approximate surface area is 177 Å². The number of amides is 5. The molecule has 0 unspecified atom stereocenters. The van der Waals surface area contributed by atoms with Gasteiger partial charge in [0.1, 0.15) is 11.3 Å². The molecule has 0 saturated carbocycles. The fourth-order valence-electron chi connectivity index (χ4n) is 2.78. The lowest BCUT2D eigenvalue weighted by Crippen LogP contribution is -2.51. The first-order valence-corrected chi connectivity index (χ1v) is 9.28. The lowest BCUT2D eigenvalue weighted by molar-refractivity contribution is -0.124. The molecule has 3 N–H and O–H groups in total. The Hall–Kier alpha value is -3.65. The third-order valence-corrected chi connectivity index (χ3v) is 4.52. The van der Waals surface area contributed by atoms with E-state index in [1.54, 1.807) is 6.07 Å². The smallest absolute Gasteiger partial charge is 0.328 e. The van der Waals surface area contributed by atoms with Crippen molar-refractivity contribution in [2.75, 3.05) is 11.9 Å². The molecule has 8 nitrogen and oxygen atoms in total. The van der Waals surface area contributed by atoms with E-state index >= 15 is 0 Å². The van der Waals surface area contributed by atoms with Crippen molar-refractivity contribution in [2.24, 2.45) is 0 Å². The van der Waals surface area contributed by atoms with E-state index in [1.807, 2.05) is 42.7 Å². The molecule has 1 heterocycles. The van der Waals surface area contributed by atoms with Crippen LogP contribution in [0.3, 0.4) is 0 Å². The zero-order valence-corrected chi connectivity index (χ0v) is 16.9. The second-order valence-corrected chi connectivity index (χ2v) is 7.05. The number of hydrogen-bond acceptors (Lipinski definition) is 5. The number of anilines is 1. The number of hydrogen-bond donors (Lipinski definition) is 3. The molecule has 0 atom stereocenters. The topological polar surface area (TPSA) is 114 Å². The Bertz CT molecular complexity index is 1070. The van der Waals surface area contributed by atoms with E-state index in [-0.39, 0.29) is 28.9 Å². The number of halogens is 1. The normalized spacial score (nSPS) is 13.4. The van der Waals surface area contributed by atoms with Gasteiger partial charge in [-0.3, -0.25) is 25.0 Å². The van der Waals surface area contributed by atoms with Crippen LogP contribution in [0.25, 0.3) is 6.08 Å². The van der Waals surface area contributed by atoms with E-state index in [9.17, 15) is 19.2 Å². The lowest BCUT2D eigenvalue weighted by Gasteiger charge is -2.14. The summed E-state index contributed by atoms with van der Waals surface area (Å²) in [5, 5.41) is 6.94. The summed E-state index contributed by atoms with van der Waals surface area (Å²) in [6.07, 6.45) is 1.29. The molecule has 0 aromatic heterocycles. The number of carbonyl (C=O) groups excluding carboxylic acids is 4. The molecular formula is C21H18ClN3O5. The van der Waals surface area contributed by atoms with Gasteiger partial charge >= 0.3 is 6.03 Å². The molecule has 1 aliphatic heterocycles. The zero-order chi connectivity index (χ0) is 21.8. The van der Waals surface area contributed by atoms with Gasteiger partial charge in [-0.15, -0.1) is 0 Å². The number of nitrogens with one attached hydrogen (secondary N) is 3. The summed E-state index contributed by atoms with van der Waals surface area (Å²) in [6, 6.07) is 9.37. The van der Waals surface area contributed by atoms with Crippen LogP contribution in [0, 0.1) is 13.8 Å². The minimum Gasteiger partial charge on any atom is -0.482 e. The van der Waals surface area contributed by atoms with Gasteiger partial charge in [0.25, 0.3) is 17.7 Å². The van der Waals surface area contributed by atoms with Crippen LogP contribution in [0.5, 0.6) is 5.75 Å². The van der Waals surface area contributed by atoms with Gasteiger partial charge < -0.3 is 10.1 Å². The van der Waals surface area contributed by atoms with Gasteiger partial charge in [-0.25, -0.2) is 4.79 Å². The van der Waals surface area contributed by atoms with Crippen molar-refractivity contribution in [2.45, 2.75) is 13.8 Å². The van der Waals surface area contributed by atoms with Gasteiger partial charge in [-0.1, -0.05) is 35.4 Å². The number of rotatable bonds is 5. The van der Waals surface area contributed by atoms with Gasteiger partial charge in [-0.05, 0) is 49.2 Å². The molecule has 9 heteroatoms. The summed E-state index contributed by atoms with van der Waals surface area (Å²) in [6.45, 7) is 3.62. The summed E-state index contributed by atoms with van der Waals surface area (Å²) >= 11 is 6.19. The molecule has 2 aromatic carbocycles. The first-order chi connectivity index (χ1) is 14.2. The van der Waals surface area contributed by atoms with Crippen LogP contribution in [0.2, 0.25) is 5.02 Å². The SMILES string of the molecule is Cc1ccc(NC(=O)COc2ccc(C=C3C(=O)NC(=O)NC3=O)cc2Cl)c(C)c1. The number of barbiturate groups is 1. The number of aryl methyl sites for hydroxylation is 2. The number of benzene rings is 2. The minimum absolute atomic E-state index is 0.191. The average molecular weight is 428 g/mol. The van der Waals surface area contributed by atoms with E-state index in [2.05, 4.69) is 5.32 Å². The molecule has 1 aliphatic rings. The van der Waals surface area contributed by atoms with Crippen molar-refractivity contribution in [3.05, 3.63) is 63.7 Å². The number of ether oxygens (including phenoxy) is 1. The summed E-state index contributed by atoms with van der Waals surface area (Å²) in [5.41, 5.74) is 2.95. The number of imide groups is 2. The van der Waals surface area contributed by atoms with Gasteiger partial charge in [-0.2, -0.15) is 0 Å². The monoisotopic (exact) mass is 427 g/mol. The second kappa shape index (κ2) is 8.79. The molecule has 2 aromatic rings. The minimum atomic E-state index is -0.872. The highest BCUT2D eigenvalue weighted by molar-refractivity contribution is 6.33.